The van der Waals surface area contributed by atoms with Gasteiger partial charge in [0, 0.05) is 25.7 Å². The number of nitrogens with one attached hydrogen (secondary N) is 1. The fourth-order valence-corrected chi connectivity index (χ4v) is 2.22. The first kappa shape index (κ1) is 13.9. The van der Waals surface area contributed by atoms with Crippen LogP contribution in [0.3, 0.4) is 0 Å². The summed E-state index contributed by atoms with van der Waals surface area (Å²) in [5.41, 5.74) is 0. The zero-order valence-corrected chi connectivity index (χ0v) is 10.6. The van der Waals surface area contributed by atoms with Crippen molar-refractivity contribution in [2.75, 3.05) is 26.2 Å². The third-order valence-electron chi connectivity index (χ3n) is 3.11. The van der Waals surface area contributed by atoms with Gasteiger partial charge in [-0.15, -0.1) is 0 Å². The molecule has 0 bridgehead atoms. The van der Waals surface area contributed by atoms with Gasteiger partial charge < -0.3 is 10.1 Å². The molecule has 1 heterocycles. The molecule has 1 rings (SSSR count). The molecule has 1 fully saturated rings. The molecule has 1 aliphatic heterocycles. The molecule has 0 aromatic heterocycles. The quantitative estimate of drug-likeness (QED) is 0.708. The molecule has 0 aromatic carbocycles. The summed E-state index contributed by atoms with van der Waals surface area (Å²) in [5.74, 6) is -0.184. The van der Waals surface area contributed by atoms with Gasteiger partial charge >= 0.3 is 5.97 Å². The van der Waals surface area contributed by atoms with Crippen molar-refractivity contribution in [1.29, 1.82) is 5.26 Å². The van der Waals surface area contributed by atoms with Crippen LogP contribution in [0.1, 0.15) is 26.7 Å². The van der Waals surface area contributed by atoms with Gasteiger partial charge in [-0.2, -0.15) is 5.26 Å². The van der Waals surface area contributed by atoms with E-state index in [1.807, 2.05) is 13.8 Å². The van der Waals surface area contributed by atoms with Crippen molar-refractivity contribution in [1.82, 2.24) is 10.2 Å². The van der Waals surface area contributed by atoms with E-state index in [-0.39, 0.29) is 18.1 Å². The van der Waals surface area contributed by atoms with E-state index in [1.165, 1.54) is 0 Å². The van der Waals surface area contributed by atoms with E-state index in [0.717, 1.165) is 19.5 Å². The Bertz CT molecular complexity index is 288. The monoisotopic (exact) mass is 239 g/mol. The summed E-state index contributed by atoms with van der Waals surface area (Å²) in [5, 5.41) is 12.0. The van der Waals surface area contributed by atoms with Gasteiger partial charge in [0.15, 0.2) is 0 Å². The molecule has 0 amide bonds. The Kier molecular flexibility index (Phi) is 5.95. The van der Waals surface area contributed by atoms with E-state index in [1.54, 1.807) is 0 Å². The van der Waals surface area contributed by atoms with Gasteiger partial charge in [0.1, 0.15) is 6.04 Å². The number of carbonyl (C=O) groups is 1. The molecule has 0 aromatic rings. The lowest BCUT2D eigenvalue weighted by atomic mass is 10.1. The number of ether oxygens (including phenoxy) is 1. The SMILES string of the molecule is CCOC(=O)C1CNCCN1C(CC)CC#N. The van der Waals surface area contributed by atoms with Crippen LogP contribution in [0.2, 0.25) is 0 Å². The maximum absolute atomic E-state index is 11.8. The highest BCUT2D eigenvalue weighted by atomic mass is 16.5. The third kappa shape index (κ3) is 3.69. The van der Waals surface area contributed by atoms with Crippen molar-refractivity contribution >= 4 is 5.97 Å². The van der Waals surface area contributed by atoms with Crippen LogP contribution in [-0.2, 0) is 9.53 Å². The van der Waals surface area contributed by atoms with E-state index in [9.17, 15) is 4.79 Å². The number of piperazine rings is 1. The smallest absolute Gasteiger partial charge is 0.324 e. The molecule has 2 atom stereocenters. The summed E-state index contributed by atoms with van der Waals surface area (Å²) in [7, 11) is 0. The normalized spacial score (nSPS) is 22.8. The number of rotatable bonds is 5. The van der Waals surface area contributed by atoms with Gasteiger partial charge in [0.25, 0.3) is 0 Å². The van der Waals surface area contributed by atoms with Crippen LogP contribution in [0, 0.1) is 11.3 Å². The van der Waals surface area contributed by atoms with Gasteiger partial charge in [-0.05, 0) is 13.3 Å². The fourth-order valence-electron chi connectivity index (χ4n) is 2.22. The third-order valence-corrected chi connectivity index (χ3v) is 3.11. The predicted molar refractivity (Wildman–Crippen MR) is 64.3 cm³/mol. The van der Waals surface area contributed by atoms with Crippen LogP contribution >= 0.6 is 0 Å². The Hall–Kier alpha value is -1.12. The van der Waals surface area contributed by atoms with E-state index in [0.29, 0.717) is 19.6 Å². The maximum Gasteiger partial charge on any atom is 0.324 e. The predicted octanol–water partition coefficient (Wildman–Crippen LogP) is 0.516. The lowest BCUT2D eigenvalue weighted by Crippen LogP contribution is -2.58. The molecule has 0 saturated carbocycles. The molecule has 5 nitrogen and oxygen atoms in total. The van der Waals surface area contributed by atoms with Gasteiger partial charge in [0.05, 0.1) is 19.1 Å². The second kappa shape index (κ2) is 7.25. The molecule has 0 spiro atoms. The minimum atomic E-state index is -0.248. The number of esters is 1. The zero-order chi connectivity index (χ0) is 12.7. The van der Waals surface area contributed by atoms with Crippen LogP contribution < -0.4 is 5.32 Å². The highest BCUT2D eigenvalue weighted by Crippen LogP contribution is 2.15. The van der Waals surface area contributed by atoms with Crippen molar-refractivity contribution < 1.29 is 9.53 Å². The van der Waals surface area contributed by atoms with Crippen molar-refractivity contribution in [3.63, 3.8) is 0 Å². The molecule has 2 unspecified atom stereocenters. The van der Waals surface area contributed by atoms with Crippen LogP contribution in [-0.4, -0.2) is 49.2 Å². The van der Waals surface area contributed by atoms with Gasteiger partial charge in [0.2, 0.25) is 0 Å². The Morgan fingerprint density at radius 1 is 1.65 bits per heavy atom. The molecule has 5 heteroatoms. The number of hydrogen-bond acceptors (Lipinski definition) is 5. The van der Waals surface area contributed by atoms with Gasteiger partial charge in [-0.1, -0.05) is 6.92 Å². The summed E-state index contributed by atoms with van der Waals surface area (Å²) in [6.07, 6.45) is 1.34. The van der Waals surface area contributed by atoms with Crippen molar-refractivity contribution in [2.45, 2.75) is 38.8 Å². The van der Waals surface area contributed by atoms with E-state index in [4.69, 9.17) is 10.00 Å². The molecular weight excluding hydrogens is 218 g/mol. The molecule has 17 heavy (non-hydrogen) atoms. The second-order valence-corrected chi connectivity index (χ2v) is 4.13. The minimum Gasteiger partial charge on any atom is -0.465 e. The summed E-state index contributed by atoms with van der Waals surface area (Å²) >= 11 is 0. The maximum atomic E-state index is 11.8. The first-order chi connectivity index (χ1) is 8.24. The van der Waals surface area contributed by atoms with Crippen molar-refractivity contribution in [3.05, 3.63) is 0 Å². The molecule has 0 radical (unpaired) electrons. The van der Waals surface area contributed by atoms with Crippen LogP contribution in [0.4, 0.5) is 0 Å². The largest absolute Gasteiger partial charge is 0.465 e. The Morgan fingerprint density at radius 2 is 2.41 bits per heavy atom. The Balaban J connectivity index is 2.70. The topological polar surface area (TPSA) is 65.4 Å². The lowest BCUT2D eigenvalue weighted by molar-refractivity contribution is -0.151. The van der Waals surface area contributed by atoms with E-state index < -0.39 is 0 Å². The van der Waals surface area contributed by atoms with Crippen molar-refractivity contribution in [3.8, 4) is 6.07 Å². The molecule has 96 valence electrons. The van der Waals surface area contributed by atoms with Gasteiger partial charge in [-0.25, -0.2) is 0 Å². The average Bonchev–Trinajstić information content (AvgIpc) is 2.36. The van der Waals surface area contributed by atoms with E-state index >= 15 is 0 Å². The number of nitrogens with zero attached hydrogens (tertiary/aromatic N) is 2. The lowest BCUT2D eigenvalue weighted by Gasteiger charge is -2.39. The fraction of sp³-hybridized carbons (Fsp3) is 0.833. The first-order valence-corrected chi connectivity index (χ1v) is 6.24. The highest BCUT2D eigenvalue weighted by Gasteiger charge is 2.33. The first-order valence-electron chi connectivity index (χ1n) is 6.24. The van der Waals surface area contributed by atoms with Gasteiger partial charge in [-0.3, -0.25) is 9.69 Å². The summed E-state index contributed by atoms with van der Waals surface area (Å²) in [6, 6.07) is 2.09. The highest BCUT2D eigenvalue weighted by molar-refractivity contribution is 5.76. The zero-order valence-electron chi connectivity index (χ0n) is 10.6. The summed E-state index contributed by atoms with van der Waals surface area (Å²) in [4.78, 5) is 14.0. The molecule has 1 aliphatic rings. The van der Waals surface area contributed by atoms with Crippen molar-refractivity contribution in [2.24, 2.45) is 0 Å². The number of carbonyl (C=O) groups excluding carboxylic acids is 1. The molecular formula is C12H21N3O2. The molecule has 1 N–H and O–H groups in total. The number of nitriles is 1. The molecule has 1 saturated heterocycles. The molecule has 0 aliphatic carbocycles. The summed E-state index contributed by atoms with van der Waals surface area (Å²) < 4.78 is 5.08. The Morgan fingerprint density at radius 3 is 3.00 bits per heavy atom. The van der Waals surface area contributed by atoms with Crippen LogP contribution in [0.25, 0.3) is 0 Å². The van der Waals surface area contributed by atoms with E-state index in [2.05, 4.69) is 16.3 Å². The second-order valence-electron chi connectivity index (χ2n) is 4.13. The number of hydrogen-bond donors (Lipinski definition) is 1. The summed E-state index contributed by atoms with van der Waals surface area (Å²) in [6.45, 7) is 6.53. The van der Waals surface area contributed by atoms with Crippen LogP contribution in [0.15, 0.2) is 0 Å². The van der Waals surface area contributed by atoms with Crippen LogP contribution in [0.5, 0.6) is 0 Å². The Labute approximate surface area is 103 Å². The standard InChI is InChI=1S/C12H21N3O2/c1-3-10(5-6-13)15-8-7-14-9-11(15)12(16)17-4-2/h10-11,14H,3-5,7-9H2,1-2H3. The average molecular weight is 239 g/mol. The minimum absolute atomic E-state index is 0.150.